The predicted molar refractivity (Wildman–Crippen MR) is 256 cm³/mol. The minimum Gasteiger partial charge on any atom is -0.458 e. The molecular formula is C54H80O19. The normalized spacial score (nSPS) is 50.0. The minimum atomic E-state index is -2.05. The molecule has 0 bridgehead atoms. The van der Waals surface area contributed by atoms with Crippen LogP contribution in [0.15, 0.2) is 42.0 Å². The summed E-state index contributed by atoms with van der Waals surface area (Å²) in [7, 11) is 3.13. The number of fused-ring (bicyclic) bond motifs is 5. The van der Waals surface area contributed by atoms with Gasteiger partial charge in [-0.15, -0.1) is 0 Å². The van der Waals surface area contributed by atoms with Gasteiger partial charge in [0.2, 0.25) is 0 Å². The molecule has 19 heteroatoms. The Morgan fingerprint density at radius 2 is 1.19 bits per heavy atom. The summed E-state index contributed by atoms with van der Waals surface area (Å²) >= 11 is 0. The van der Waals surface area contributed by atoms with Crippen molar-refractivity contribution in [3.8, 4) is 0 Å². The van der Waals surface area contributed by atoms with Gasteiger partial charge in [0, 0.05) is 45.8 Å². The second-order valence-electron chi connectivity index (χ2n) is 22.8. The number of aliphatic hydroxyl groups is 6. The first kappa shape index (κ1) is 55.2. The number of esters is 1. The molecule has 0 amide bonds. The topological polar surface area (TPSA) is 257 Å². The molecule has 0 aromatic heterocycles. The summed E-state index contributed by atoms with van der Waals surface area (Å²) in [5.41, 5.74) is -6.85. The molecule has 0 spiro atoms. The van der Waals surface area contributed by atoms with Crippen LogP contribution in [0.2, 0.25) is 0 Å². The smallest absolute Gasteiger partial charge is 0.338 e. The van der Waals surface area contributed by atoms with Crippen LogP contribution in [0.3, 0.4) is 0 Å². The highest BCUT2D eigenvalue weighted by molar-refractivity contribution is 5.90. The Bertz CT molecular complexity index is 2120. The van der Waals surface area contributed by atoms with Gasteiger partial charge in [0.1, 0.15) is 47.3 Å². The molecule has 4 aliphatic carbocycles. The molecule has 19 nitrogen and oxygen atoms in total. The van der Waals surface area contributed by atoms with Gasteiger partial charge in [0.25, 0.3) is 0 Å². The predicted octanol–water partition coefficient (Wildman–Crippen LogP) is 3.53. The van der Waals surface area contributed by atoms with Crippen molar-refractivity contribution >= 4 is 11.8 Å². The van der Waals surface area contributed by atoms with Crippen molar-refractivity contribution in [2.24, 2.45) is 16.7 Å². The van der Waals surface area contributed by atoms with E-state index in [-0.39, 0.29) is 44.6 Å². The zero-order chi connectivity index (χ0) is 52.6. The van der Waals surface area contributed by atoms with Crippen molar-refractivity contribution in [2.75, 3.05) is 14.2 Å². The van der Waals surface area contributed by atoms with Crippen LogP contribution in [0.1, 0.15) is 129 Å². The largest absolute Gasteiger partial charge is 0.458 e. The highest BCUT2D eigenvalue weighted by atomic mass is 16.8. The number of Topliss-reactive ketones (excluding diaryl/α,β-unsaturated/α-hetero) is 1. The summed E-state index contributed by atoms with van der Waals surface area (Å²) in [6, 6.07) is 8.45. The van der Waals surface area contributed by atoms with Gasteiger partial charge in [-0.05, 0) is 104 Å². The number of rotatable bonds is 13. The third-order valence-electron chi connectivity index (χ3n) is 18.8. The summed E-state index contributed by atoms with van der Waals surface area (Å²) in [5, 5.41) is 71.3. The van der Waals surface area contributed by atoms with E-state index in [1.165, 1.54) is 6.92 Å². The van der Waals surface area contributed by atoms with Gasteiger partial charge < -0.3 is 82.7 Å². The molecule has 4 aliphatic heterocycles. The van der Waals surface area contributed by atoms with E-state index in [9.17, 15) is 40.2 Å². The van der Waals surface area contributed by atoms with Gasteiger partial charge >= 0.3 is 5.97 Å². The highest BCUT2D eigenvalue weighted by Crippen LogP contribution is 2.71. The minimum absolute atomic E-state index is 0.0600. The SMILES string of the molecule is COC1CC(OC2C(C)OC(OC3C(O)CC(OC4C(O)CC(OC5CCC6(C)C(=CCC7(O)C6CC(OC(=O)c6ccccc6)C6(C)C(O)(C(C)=O)CCC76O)C5)OC4C)OC3C)CC2OC)OC(C)C1O. The first-order chi connectivity index (χ1) is 34.5. The van der Waals surface area contributed by atoms with E-state index in [1.54, 1.807) is 72.2 Å². The number of benzene rings is 1. The van der Waals surface area contributed by atoms with Gasteiger partial charge in [0.05, 0.1) is 65.9 Å². The van der Waals surface area contributed by atoms with E-state index in [0.717, 1.165) is 5.57 Å². The highest BCUT2D eigenvalue weighted by Gasteiger charge is 2.81. The Kier molecular flexibility index (Phi) is 15.9. The second-order valence-corrected chi connectivity index (χ2v) is 22.8. The van der Waals surface area contributed by atoms with Crippen LogP contribution in [0.5, 0.6) is 0 Å². The molecule has 73 heavy (non-hydrogen) atoms. The molecule has 6 N–H and O–H groups in total. The fourth-order valence-electron chi connectivity index (χ4n) is 14.4. The van der Waals surface area contributed by atoms with Gasteiger partial charge in [0.15, 0.2) is 30.9 Å². The molecule has 1 aromatic carbocycles. The van der Waals surface area contributed by atoms with Crippen molar-refractivity contribution in [1.29, 1.82) is 0 Å². The fraction of sp³-hybridized carbons (Fsp3) is 0.815. The standard InChI is InChI=1S/C54H80O19/c1-27-45(58)37(63-8)24-43(65-27)73-48-30(4)68-44(25-38(48)64-9)72-47-29(3)67-42(23-36(47)57)71-46-28(2)66-41(22-35(46)56)69-34-16-17-50(6)33(21-34)15-18-53(61)39(50)26-40(70-49(59)32-13-11-10-12-14-32)51(7)52(60,31(5)55)19-20-54(51,53)62/h10-15,27-30,34-48,56-58,60-62H,16-26H2,1-9H3. The van der Waals surface area contributed by atoms with Crippen LogP contribution in [0.25, 0.3) is 0 Å². The van der Waals surface area contributed by atoms with Crippen molar-refractivity contribution in [1.82, 2.24) is 0 Å². The number of carbonyl (C=O) groups excluding carboxylic acids is 2. The Labute approximate surface area is 428 Å². The van der Waals surface area contributed by atoms with Crippen LogP contribution >= 0.6 is 0 Å². The summed E-state index contributed by atoms with van der Waals surface area (Å²) in [4.78, 5) is 27.0. The Hall–Kier alpha value is -2.54. The first-order valence-corrected chi connectivity index (χ1v) is 26.5. The van der Waals surface area contributed by atoms with Crippen molar-refractivity contribution < 1.29 is 92.3 Å². The van der Waals surface area contributed by atoms with E-state index in [0.29, 0.717) is 37.7 Å². The maximum atomic E-state index is 13.7. The third kappa shape index (κ3) is 9.60. The van der Waals surface area contributed by atoms with Gasteiger partial charge in [-0.1, -0.05) is 36.8 Å². The molecule has 24 atom stereocenters. The van der Waals surface area contributed by atoms with E-state index in [2.05, 4.69) is 6.92 Å². The summed E-state index contributed by atoms with van der Waals surface area (Å²) < 4.78 is 67.9. The zero-order valence-electron chi connectivity index (χ0n) is 43.7. The van der Waals surface area contributed by atoms with E-state index in [1.807, 2.05) is 13.0 Å². The summed E-state index contributed by atoms with van der Waals surface area (Å²) in [6.45, 7) is 12.1. The van der Waals surface area contributed by atoms with Crippen LogP contribution < -0.4 is 0 Å². The lowest BCUT2D eigenvalue weighted by molar-refractivity contribution is -0.345. The van der Waals surface area contributed by atoms with E-state index < -0.39 is 150 Å². The number of methoxy groups -OCH3 is 2. The quantitative estimate of drug-likeness (QED) is 0.122. The van der Waals surface area contributed by atoms with Gasteiger partial charge in [-0.25, -0.2) is 4.79 Å². The lowest BCUT2D eigenvalue weighted by Crippen LogP contribution is -2.78. The van der Waals surface area contributed by atoms with Crippen LogP contribution in [-0.2, 0) is 56.9 Å². The number of ether oxygens (including phenoxy) is 11. The van der Waals surface area contributed by atoms with E-state index in [4.69, 9.17) is 52.1 Å². The molecule has 4 heterocycles. The van der Waals surface area contributed by atoms with Gasteiger partial charge in [-0.2, -0.15) is 0 Å². The first-order valence-electron chi connectivity index (χ1n) is 26.5. The van der Waals surface area contributed by atoms with E-state index >= 15 is 0 Å². The monoisotopic (exact) mass is 1030 g/mol. The number of carbonyl (C=O) groups is 2. The number of hydrogen-bond donors (Lipinski definition) is 6. The van der Waals surface area contributed by atoms with Crippen LogP contribution in [-0.4, -0.2) is 184 Å². The average Bonchev–Trinajstić information content (AvgIpc) is 3.58. The average molecular weight is 1030 g/mol. The summed E-state index contributed by atoms with van der Waals surface area (Å²) in [5.74, 6) is -1.81. The van der Waals surface area contributed by atoms with Crippen molar-refractivity contribution in [3.05, 3.63) is 47.5 Å². The molecule has 9 rings (SSSR count). The molecule has 410 valence electrons. The van der Waals surface area contributed by atoms with Gasteiger partial charge in [-0.3, -0.25) is 4.79 Å². The van der Waals surface area contributed by atoms with Crippen molar-refractivity contribution in [2.45, 2.75) is 247 Å². The number of ketones is 1. The molecular weight excluding hydrogens is 953 g/mol. The lowest BCUT2D eigenvalue weighted by atomic mass is 9.42. The number of hydrogen-bond acceptors (Lipinski definition) is 19. The second kappa shape index (κ2) is 21.0. The Balaban J connectivity index is 0.790. The van der Waals surface area contributed by atoms with Crippen LogP contribution in [0.4, 0.5) is 0 Å². The molecule has 1 aromatic rings. The zero-order valence-corrected chi connectivity index (χ0v) is 43.7. The molecule has 4 saturated heterocycles. The molecule has 7 fully saturated rings. The Morgan fingerprint density at radius 1 is 0.658 bits per heavy atom. The summed E-state index contributed by atoms with van der Waals surface area (Å²) in [6.07, 6.45) is -7.92. The molecule has 0 radical (unpaired) electrons. The van der Waals surface area contributed by atoms with Crippen molar-refractivity contribution in [3.63, 3.8) is 0 Å². The Morgan fingerprint density at radius 3 is 1.77 bits per heavy atom. The molecule has 24 unspecified atom stereocenters. The molecule has 3 saturated carbocycles. The lowest BCUT2D eigenvalue weighted by Gasteiger charge is -2.67. The molecule has 8 aliphatic rings. The maximum absolute atomic E-state index is 13.7. The third-order valence-corrected chi connectivity index (χ3v) is 18.8. The van der Waals surface area contributed by atoms with Crippen LogP contribution in [0, 0.1) is 16.7 Å². The fourth-order valence-corrected chi connectivity index (χ4v) is 14.4. The maximum Gasteiger partial charge on any atom is 0.338 e. The number of aliphatic hydroxyl groups excluding tert-OH is 3.